The zero-order valence-electron chi connectivity index (χ0n) is 18.0. The summed E-state index contributed by atoms with van der Waals surface area (Å²) in [6.45, 7) is 0. The van der Waals surface area contributed by atoms with Crippen LogP contribution in [-0.2, 0) is 20.2 Å². The molecule has 0 aliphatic rings. The first-order valence-corrected chi connectivity index (χ1v) is 12.9. The zero-order valence-corrected chi connectivity index (χ0v) is 19.6. The van der Waals surface area contributed by atoms with E-state index in [0.29, 0.717) is 45.1 Å². The number of rotatable bonds is 6. The van der Waals surface area contributed by atoms with Gasteiger partial charge in [-0.2, -0.15) is 16.8 Å². The molecule has 0 heterocycles. The molecular weight excluding hydrogens is 492 g/mol. The average molecular weight is 513 g/mol. The molecule has 4 rings (SSSR count). The van der Waals surface area contributed by atoms with Gasteiger partial charge in [0.2, 0.25) is 0 Å². The molecule has 9 nitrogen and oxygen atoms in total. The predicted octanol–water partition coefficient (Wildman–Crippen LogP) is 4.47. The second-order valence-electron chi connectivity index (χ2n) is 7.61. The van der Waals surface area contributed by atoms with Crippen LogP contribution in [0, 0.1) is 0 Å². The highest BCUT2D eigenvalue weighted by molar-refractivity contribution is 7.86. The van der Waals surface area contributed by atoms with E-state index < -0.39 is 20.2 Å². The van der Waals surface area contributed by atoms with Crippen molar-refractivity contribution in [2.45, 2.75) is 9.79 Å². The number of ether oxygens (including phenoxy) is 1. The summed E-state index contributed by atoms with van der Waals surface area (Å²) < 4.78 is 70.2. The largest absolute Gasteiger partial charge is 0.456 e. The van der Waals surface area contributed by atoms with Crippen molar-refractivity contribution in [1.29, 1.82) is 0 Å². The normalized spacial score (nSPS) is 11.8. The highest BCUT2D eigenvalue weighted by Crippen LogP contribution is 2.40. The molecule has 0 atom stereocenters. The Hall–Kier alpha value is -3.90. The number of hydrogen-bond acceptors (Lipinski definition) is 7. The highest BCUT2D eigenvalue weighted by Gasteiger charge is 2.16. The lowest BCUT2D eigenvalue weighted by molar-refractivity contribution is 0.481. The molecule has 0 fully saturated rings. The second-order valence-corrected chi connectivity index (χ2v) is 10.5. The van der Waals surface area contributed by atoms with Crippen LogP contribution in [0.3, 0.4) is 0 Å². The summed E-state index contributed by atoms with van der Waals surface area (Å²) in [5.41, 5.74) is 15.2. The Kier molecular flexibility index (Phi) is 6.26. The lowest BCUT2D eigenvalue weighted by atomic mass is 10.0. The van der Waals surface area contributed by atoms with Crippen molar-refractivity contribution in [2.75, 3.05) is 11.5 Å². The number of hydrogen-bond donors (Lipinski definition) is 4. The SMILES string of the molecule is Nc1ccc(Oc2ccc(N)cc2-c2ccc(S(=O)(=O)O)cc2)c(-c2ccc(S(=O)(=O)O)cc2)c1. The first kappa shape index (κ1) is 24.2. The van der Waals surface area contributed by atoms with Gasteiger partial charge in [-0.1, -0.05) is 24.3 Å². The van der Waals surface area contributed by atoms with E-state index in [1.807, 2.05) is 0 Å². The molecule has 35 heavy (non-hydrogen) atoms. The highest BCUT2D eigenvalue weighted by atomic mass is 32.2. The molecule has 11 heteroatoms. The third-order valence-corrected chi connectivity index (χ3v) is 6.89. The molecule has 0 radical (unpaired) electrons. The molecule has 4 aromatic rings. The molecule has 0 unspecified atom stereocenters. The maximum atomic E-state index is 11.4. The summed E-state index contributed by atoms with van der Waals surface area (Å²) in [5, 5.41) is 0. The number of anilines is 2. The Bertz CT molecular complexity index is 1490. The third-order valence-electron chi connectivity index (χ3n) is 5.15. The minimum absolute atomic E-state index is 0.248. The number of benzene rings is 4. The average Bonchev–Trinajstić information content (AvgIpc) is 2.80. The van der Waals surface area contributed by atoms with Gasteiger partial charge < -0.3 is 16.2 Å². The van der Waals surface area contributed by atoms with Crippen molar-refractivity contribution in [3.63, 3.8) is 0 Å². The third kappa shape index (κ3) is 5.44. The molecule has 0 saturated heterocycles. The van der Waals surface area contributed by atoms with Crippen LogP contribution < -0.4 is 16.2 Å². The lowest BCUT2D eigenvalue weighted by Crippen LogP contribution is -1.98. The van der Waals surface area contributed by atoms with Crippen LogP contribution in [0.15, 0.2) is 94.7 Å². The van der Waals surface area contributed by atoms with Crippen LogP contribution >= 0.6 is 0 Å². The summed E-state index contributed by atoms with van der Waals surface area (Å²) in [4.78, 5) is -0.497. The minimum Gasteiger partial charge on any atom is -0.456 e. The molecule has 0 saturated carbocycles. The Morgan fingerprint density at radius 3 is 1.20 bits per heavy atom. The Labute approximate surface area is 202 Å². The monoisotopic (exact) mass is 512 g/mol. The molecule has 180 valence electrons. The molecule has 0 aliphatic carbocycles. The fraction of sp³-hybridized carbons (Fsp3) is 0. The standard InChI is InChI=1S/C24H20N2O7S2/c25-17-5-11-23(21(13-17)15-1-7-19(8-2-15)34(27,28)29)33-24-12-6-18(26)14-22(24)16-3-9-20(10-4-16)35(30,31)32/h1-14H,25-26H2,(H,27,28,29)(H,30,31,32). The van der Waals surface area contributed by atoms with Gasteiger partial charge in [0.25, 0.3) is 20.2 Å². The van der Waals surface area contributed by atoms with Crippen LogP contribution in [0.1, 0.15) is 0 Å². The van der Waals surface area contributed by atoms with E-state index in [9.17, 15) is 25.9 Å². The van der Waals surface area contributed by atoms with Crippen molar-refractivity contribution in [1.82, 2.24) is 0 Å². The summed E-state index contributed by atoms with van der Waals surface area (Å²) in [7, 11) is -8.68. The molecule has 0 spiro atoms. The van der Waals surface area contributed by atoms with Gasteiger partial charge in [0.1, 0.15) is 11.5 Å². The topological polar surface area (TPSA) is 170 Å². The Balaban J connectivity index is 1.77. The van der Waals surface area contributed by atoms with Gasteiger partial charge in [-0.15, -0.1) is 0 Å². The van der Waals surface area contributed by atoms with Crippen LogP contribution in [-0.4, -0.2) is 25.9 Å². The summed E-state index contributed by atoms with van der Waals surface area (Å²) in [5.74, 6) is 0.804. The van der Waals surface area contributed by atoms with Crippen molar-refractivity contribution in [2.24, 2.45) is 0 Å². The van der Waals surface area contributed by atoms with Gasteiger partial charge in [0, 0.05) is 22.5 Å². The molecular formula is C24H20N2O7S2. The van der Waals surface area contributed by atoms with Crippen LogP contribution in [0.2, 0.25) is 0 Å². The van der Waals surface area contributed by atoms with Gasteiger partial charge in [0.05, 0.1) is 9.79 Å². The minimum atomic E-state index is -4.34. The van der Waals surface area contributed by atoms with Gasteiger partial charge in [-0.05, 0) is 71.8 Å². The van der Waals surface area contributed by atoms with Gasteiger partial charge in [0.15, 0.2) is 0 Å². The lowest BCUT2D eigenvalue weighted by Gasteiger charge is -2.16. The molecule has 4 aromatic carbocycles. The maximum Gasteiger partial charge on any atom is 0.294 e. The van der Waals surface area contributed by atoms with Crippen LogP contribution in [0.25, 0.3) is 22.3 Å². The Morgan fingerprint density at radius 1 is 0.543 bits per heavy atom. The fourth-order valence-electron chi connectivity index (χ4n) is 3.46. The summed E-state index contributed by atoms with van der Waals surface area (Å²) in [6.07, 6.45) is 0. The van der Waals surface area contributed by atoms with Crippen molar-refractivity contribution in [3.8, 4) is 33.8 Å². The van der Waals surface area contributed by atoms with Crippen molar-refractivity contribution < 1.29 is 30.7 Å². The van der Waals surface area contributed by atoms with E-state index in [2.05, 4.69) is 0 Å². The van der Waals surface area contributed by atoms with E-state index in [0.717, 1.165) is 0 Å². The van der Waals surface area contributed by atoms with Crippen molar-refractivity contribution >= 4 is 31.6 Å². The van der Waals surface area contributed by atoms with Gasteiger partial charge in [-0.3, -0.25) is 9.11 Å². The molecule has 0 aliphatic heterocycles. The molecule has 0 aromatic heterocycles. The van der Waals surface area contributed by atoms with Gasteiger partial charge >= 0.3 is 0 Å². The smallest absolute Gasteiger partial charge is 0.294 e. The quantitative estimate of drug-likeness (QED) is 0.215. The molecule has 0 bridgehead atoms. The van der Waals surface area contributed by atoms with E-state index in [4.69, 9.17) is 16.2 Å². The number of nitrogens with two attached hydrogens (primary N) is 2. The van der Waals surface area contributed by atoms with E-state index in [1.165, 1.54) is 48.5 Å². The van der Waals surface area contributed by atoms with E-state index in [1.54, 1.807) is 36.4 Å². The van der Waals surface area contributed by atoms with Crippen LogP contribution in [0.5, 0.6) is 11.5 Å². The first-order chi connectivity index (χ1) is 16.4. The molecule has 6 N–H and O–H groups in total. The zero-order chi connectivity index (χ0) is 25.4. The second kappa shape index (κ2) is 9.04. The van der Waals surface area contributed by atoms with Crippen LogP contribution in [0.4, 0.5) is 11.4 Å². The Morgan fingerprint density at radius 2 is 0.886 bits per heavy atom. The predicted molar refractivity (Wildman–Crippen MR) is 132 cm³/mol. The molecule has 0 amide bonds. The maximum absolute atomic E-state index is 11.4. The number of nitrogen functional groups attached to an aromatic ring is 2. The fourth-order valence-corrected chi connectivity index (χ4v) is 4.42. The van der Waals surface area contributed by atoms with E-state index in [-0.39, 0.29) is 9.79 Å². The summed E-state index contributed by atoms with van der Waals surface area (Å²) in [6, 6.07) is 21.1. The summed E-state index contributed by atoms with van der Waals surface area (Å²) >= 11 is 0. The van der Waals surface area contributed by atoms with Gasteiger partial charge in [-0.25, -0.2) is 0 Å². The first-order valence-electron chi connectivity index (χ1n) is 10.0. The van der Waals surface area contributed by atoms with E-state index >= 15 is 0 Å². The van der Waals surface area contributed by atoms with Crippen molar-refractivity contribution in [3.05, 3.63) is 84.9 Å².